The Bertz CT molecular complexity index is 849. The molecule has 0 aliphatic carbocycles. The normalized spacial score (nSPS) is 11.7. The Morgan fingerprint density at radius 3 is 2.00 bits per heavy atom. The van der Waals surface area contributed by atoms with Crippen LogP contribution in [0.25, 0.3) is 0 Å². The lowest BCUT2D eigenvalue weighted by Gasteiger charge is -2.21. The van der Waals surface area contributed by atoms with E-state index in [1.165, 1.54) is 5.56 Å². The smallest absolute Gasteiger partial charge is 0.329 e. The second kappa shape index (κ2) is 11.0. The fourth-order valence-corrected chi connectivity index (χ4v) is 2.70. The average Bonchev–Trinajstić information content (AvgIpc) is 2.71. The average molecular weight is 412 g/mol. The number of anilines is 2. The van der Waals surface area contributed by atoms with Gasteiger partial charge < -0.3 is 20.7 Å². The molecule has 0 saturated heterocycles. The van der Waals surface area contributed by atoms with Crippen molar-refractivity contribution in [3.05, 3.63) is 60.2 Å². The van der Waals surface area contributed by atoms with Crippen LogP contribution in [-0.4, -0.2) is 30.6 Å². The summed E-state index contributed by atoms with van der Waals surface area (Å²) in [6.45, 7) is 7.31. The van der Waals surface area contributed by atoms with E-state index in [9.17, 15) is 14.4 Å². The van der Waals surface area contributed by atoms with Crippen molar-refractivity contribution in [2.24, 2.45) is 5.92 Å². The number of nitrogens with one attached hydrogen (secondary N) is 3. The first-order chi connectivity index (χ1) is 14.3. The molecule has 0 radical (unpaired) electrons. The second-order valence-corrected chi connectivity index (χ2v) is 7.62. The molecule has 2 aromatic rings. The molecule has 0 bridgehead atoms. The van der Waals surface area contributed by atoms with Gasteiger partial charge in [0.1, 0.15) is 6.04 Å². The number of urea groups is 1. The van der Waals surface area contributed by atoms with Crippen molar-refractivity contribution < 1.29 is 19.1 Å². The van der Waals surface area contributed by atoms with E-state index < -0.39 is 30.6 Å². The van der Waals surface area contributed by atoms with Gasteiger partial charge in [-0.25, -0.2) is 9.59 Å². The fourth-order valence-electron chi connectivity index (χ4n) is 2.70. The van der Waals surface area contributed by atoms with E-state index in [0.717, 1.165) is 0 Å². The van der Waals surface area contributed by atoms with E-state index in [2.05, 4.69) is 29.8 Å². The molecule has 7 nitrogen and oxygen atoms in total. The predicted octanol–water partition coefficient (Wildman–Crippen LogP) is 4.14. The number of benzene rings is 2. The topological polar surface area (TPSA) is 96.5 Å². The van der Waals surface area contributed by atoms with Gasteiger partial charge in [-0.15, -0.1) is 0 Å². The van der Waals surface area contributed by atoms with Gasteiger partial charge in [-0.2, -0.15) is 0 Å². The highest BCUT2D eigenvalue weighted by molar-refractivity contribution is 5.95. The summed E-state index contributed by atoms with van der Waals surface area (Å²) in [6.07, 6.45) is 0. The third-order valence-electron chi connectivity index (χ3n) is 4.45. The van der Waals surface area contributed by atoms with E-state index in [1.54, 1.807) is 50.2 Å². The van der Waals surface area contributed by atoms with Crippen molar-refractivity contribution in [2.75, 3.05) is 17.2 Å². The van der Waals surface area contributed by atoms with Gasteiger partial charge in [0, 0.05) is 11.4 Å². The third-order valence-corrected chi connectivity index (χ3v) is 4.45. The Labute approximate surface area is 177 Å². The molecule has 0 aliphatic rings. The van der Waals surface area contributed by atoms with Crippen molar-refractivity contribution in [3.63, 3.8) is 0 Å². The molecule has 3 amide bonds. The van der Waals surface area contributed by atoms with Crippen LogP contribution in [0.1, 0.15) is 39.2 Å². The summed E-state index contributed by atoms with van der Waals surface area (Å²) in [6, 6.07) is 15.0. The van der Waals surface area contributed by atoms with Gasteiger partial charge in [-0.3, -0.25) is 4.79 Å². The lowest BCUT2D eigenvalue weighted by atomic mass is 10.0. The first-order valence-electron chi connectivity index (χ1n) is 9.95. The SMILES string of the molecule is CC(C)c1ccc(NC(=O)COC(=O)[C@@H](NC(=O)Nc2ccccc2)C(C)C)cc1. The highest BCUT2D eigenvalue weighted by atomic mass is 16.5. The van der Waals surface area contributed by atoms with Crippen LogP contribution in [-0.2, 0) is 14.3 Å². The highest BCUT2D eigenvalue weighted by Gasteiger charge is 2.26. The van der Waals surface area contributed by atoms with Gasteiger partial charge in [0.2, 0.25) is 0 Å². The van der Waals surface area contributed by atoms with Crippen molar-refractivity contribution in [3.8, 4) is 0 Å². The van der Waals surface area contributed by atoms with Gasteiger partial charge in [0.05, 0.1) is 0 Å². The zero-order chi connectivity index (χ0) is 22.1. The van der Waals surface area contributed by atoms with Gasteiger partial charge in [0.15, 0.2) is 6.61 Å². The zero-order valence-corrected chi connectivity index (χ0v) is 17.8. The van der Waals surface area contributed by atoms with E-state index in [0.29, 0.717) is 17.3 Å². The van der Waals surface area contributed by atoms with Crippen LogP contribution >= 0.6 is 0 Å². The van der Waals surface area contributed by atoms with Gasteiger partial charge >= 0.3 is 12.0 Å². The van der Waals surface area contributed by atoms with Crippen LogP contribution in [0.15, 0.2) is 54.6 Å². The van der Waals surface area contributed by atoms with Crippen molar-refractivity contribution >= 4 is 29.3 Å². The Kier molecular flexibility index (Phi) is 8.41. The van der Waals surface area contributed by atoms with E-state index in [1.807, 2.05) is 18.2 Å². The summed E-state index contributed by atoms with van der Waals surface area (Å²) in [7, 11) is 0. The molecule has 0 aromatic heterocycles. The summed E-state index contributed by atoms with van der Waals surface area (Å²) in [4.78, 5) is 36.7. The number of ether oxygens (including phenoxy) is 1. The minimum absolute atomic E-state index is 0.217. The van der Waals surface area contributed by atoms with Crippen LogP contribution in [0.3, 0.4) is 0 Å². The number of amides is 3. The minimum atomic E-state index is -0.883. The third kappa shape index (κ3) is 7.24. The highest BCUT2D eigenvalue weighted by Crippen LogP contribution is 2.17. The number of hydrogen-bond acceptors (Lipinski definition) is 4. The molecule has 160 valence electrons. The molecule has 2 aromatic carbocycles. The van der Waals surface area contributed by atoms with Crippen LogP contribution < -0.4 is 16.0 Å². The molecular formula is C23H29N3O4. The molecule has 0 unspecified atom stereocenters. The Hall–Kier alpha value is -3.35. The summed E-state index contributed by atoms with van der Waals surface area (Å²) in [5.74, 6) is -0.934. The number of carbonyl (C=O) groups is 3. The molecule has 0 spiro atoms. The second-order valence-electron chi connectivity index (χ2n) is 7.62. The first kappa shape index (κ1) is 22.9. The van der Waals surface area contributed by atoms with E-state index in [4.69, 9.17) is 4.74 Å². The number of esters is 1. The van der Waals surface area contributed by atoms with Crippen LogP contribution in [0.2, 0.25) is 0 Å². The van der Waals surface area contributed by atoms with Crippen molar-refractivity contribution in [1.29, 1.82) is 0 Å². The summed E-state index contributed by atoms with van der Waals surface area (Å²) < 4.78 is 5.12. The molecule has 0 fully saturated rings. The standard InChI is InChI=1S/C23H29N3O4/c1-15(2)17-10-12-19(13-11-17)24-20(27)14-30-22(28)21(16(3)4)26-23(29)25-18-8-6-5-7-9-18/h5-13,15-16,21H,14H2,1-4H3,(H,24,27)(H2,25,26,29)/t21-/m0/s1. The maximum absolute atomic E-state index is 12.4. The van der Waals surface area contributed by atoms with E-state index in [-0.39, 0.29) is 5.92 Å². The summed E-state index contributed by atoms with van der Waals surface area (Å²) in [5.41, 5.74) is 2.40. The molecule has 3 N–H and O–H groups in total. The molecular weight excluding hydrogens is 382 g/mol. The first-order valence-corrected chi connectivity index (χ1v) is 9.95. The molecule has 1 atom stereocenters. The Morgan fingerprint density at radius 2 is 1.43 bits per heavy atom. The van der Waals surface area contributed by atoms with Gasteiger partial charge in [0.25, 0.3) is 5.91 Å². The maximum atomic E-state index is 12.4. The van der Waals surface area contributed by atoms with Crippen molar-refractivity contribution in [2.45, 2.75) is 39.7 Å². The van der Waals surface area contributed by atoms with Gasteiger partial charge in [-0.05, 0) is 41.7 Å². The lowest BCUT2D eigenvalue weighted by Crippen LogP contribution is -2.47. The monoisotopic (exact) mass is 411 g/mol. The Balaban J connectivity index is 1.85. The molecule has 0 aliphatic heterocycles. The fraction of sp³-hybridized carbons (Fsp3) is 0.348. The van der Waals surface area contributed by atoms with Gasteiger partial charge in [-0.1, -0.05) is 58.0 Å². The summed E-state index contributed by atoms with van der Waals surface area (Å²) in [5, 5.41) is 7.94. The van der Waals surface area contributed by atoms with Crippen molar-refractivity contribution in [1.82, 2.24) is 5.32 Å². The molecule has 7 heteroatoms. The summed E-state index contributed by atoms with van der Waals surface area (Å²) >= 11 is 0. The largest absolute Gasteiger partial charge is 0.454 e. The maximum Gasteiger partial charge on any atom is 0.329 e. The van der Waals surface area contributed by atoms with Crippen LogP contribution in [0.5, 0.6) is 0 Å². The molecule has 2 rings (SSSR count). The predicted molar refractivity (Wildman–Crippen MR) is 117 cm³/mol. The van der Waals surface area contributed by atoms with Crippen LogP contribution in [0, 0.1) is 5.92 Å². The minimum Gasteiger partial charge on any atom is -0.454 e. The number of para-hydroxylation sites is 1. The number of rotatable bonds is 8. The number of carbonyl (C=O) groups excluding carboxylic acids is 3. The lowest BCUT2D eigenvalue weighted by molar-refractivity contribution is -0.150. The molecule has 0 heterocycles. The van der Waals surface area contributed by atoms with E-state index >= 15 is 0 Å². The molecule has 30 heavy (non-hydrogen) atoms. The molecule has 0 saturated carbocycles. The quantitative estimate of drug-likeness (QED) is 0.569. The zero-order valence-electron chi connectivity index (χ0n) is 17.8. The Morgan fingerprint density at radius 1 is 0.833 bits per heavy atom. The number of hydrogen-bond donors (Lipinski definition) is 3. The van der Waals surface area contributed by atoms with Crippen LogP contribution in [0.4, 0.5) is 16.2 Å².